The molecule has 0 aliphatic heterocycles. The van der Waals surface area contributed by atoms with Crippen molar-refractivity contribution in [1.29, 1.82) is 0 Å². The molecule has 6 nitrogen and oxygen atoms in total. The predicted octanol–water partition coefficient (Wildman–Crippen LogP) is -0.848. The Labute approximate surface area is 70.5 Å². The zero-order valence-corrected chi connectivity index (χ0v) is 7.29. The smallest absolute Gasteiger partial charge is 0.323 e. The van der Waals surface area contributed by atoms with E-state index >= 15 is 0 Å². The van der Waals surface area contributed by atoms with Gasteiger partial charge in [-0.2, -0.15) is 5.48 Å². The number of rotatable bonds is 2. The maximum Gasteiger partial charge on any atom is 0.323 e. The van der Waals surface area contributed by atoms with Crippen molar-refractivity contribution in [1.82, 2.24) is 15.7 Å². The summed E-state index contributed by atoms with van der Waals surface area (Å²) in [7, 11) is 2.75. The van der Waals surface area contributed by atoms with E-state index in [4.69, 9.17) is 5.21 Å². The summed E-state index contributed by atoms with van der Waals surface area (Å²) in [4.78, 5) is 22.9. The molecule has 0 aromatic heterocycles. The number of imide groups is 1. The van der Waals surface area contributed by atoms with Crippen molar-refractivity contribution in [3.05, 3.63) is 0 Å². The summed E-state index contributed by atoms with van der Waals surface area (Å²) in [5.41, 5.74) is 1.75. The Morgan fingerprint density at radius 3 is 2.33 bits per heavy atom. The fourth-order valence-electron chi connectivity index (χ4n) is 0.613. The third-order valence-corrected chi connectivity index (χ3v) is 1.41. The van der Waals surface area contributed by atoms with Crippen LogP contribution >= 0.6 is 0 Å². The van der Waals surface area contributed by atoms with Gasteiger partial charge in [0.15, 0.2) is 0 Å². The van der Waals surface area contributed by atoms with Crippen LogP contribution in [0.5, 0.6) is 0 Å². The molecule has 0 rings (SSSR count). The van der Waals surface area contributed by atoms with Gasteiger partial charge in [-0.15, -0.1) is 0 Å². The summed E-state index contributed by atoms with van der Waals surface area (Å²) in [5, 5.41) is 10.7. The topological polar surface area (TPSA) is 81.7 Å². The van der Waals surface area contributed by atoms with Crippen LogP contribution in [0.25, 0.3) is 0 Å². The maximum absolute atomic E-state index is 11.1. The molecule has 0 aliphatic carbocycles. The predicted molar refractivity (Wildman–Crippen MR) is 41.6 cm³/mol. The van der Waals surface area contributed by atoms with E-state index < -0.39 is 18.0 Å². The summed E-state index contributed by atoms with van der Waals surface area (Å²) >= 11 is 0. The summed E-state index contributed by atoms with van der Waals surface area (Å²) in [6, 6.07) is -1.30. The Bertz CT molecular complexity index is 183. The second-order valence-corrected chi connectivity index (χ2v) is 2.30. The molecule has 0 fully saturated rings. The number of carbonyl (C=O) groups is 2. The fraction of sp³-hybridized carbons (Fsp3) is 0.667. The molecule has 0 aromatic rings. The number of hydroxylamine groups is 1. The number of likely N-dealkylation sites (N-methyl/N-ethyl adjacent to an activating group) is 1. The molecule has 0 aromatic carbocycles. The average molecular weight is 175 g/mol. The molecule has 1 atom stereocenters. The Morgan fingerprint density at radius 1 is 1.50 bits per heavy atom. The molecular weight excluding hydrogens is 162 g/mol. The van der Waals surface area contributed by atoms with Crippen LogP contribution in [0.4, 0.5) is 4.79 Å². The molecule has 70 valence electrons. The molecule has 0 saturated heterocycles. The summed E-state index contributed by atoms with van der Waals surface area (Å²) in [6.07, 6.45) is 0. The molecule has 6 heteroatoms. The SMILES string of the molecule is CNC(=O)N(C)C(=O)[C@@H](C)NO. The number of hydrogen-bond donors (Lipinski definition) is 3. The first kappa shape index (κ1) is 10.9. The van der Waals surface area contributed by atoms with E-state index in [1.165, 1.54) is 21.0 Å². The van der Waals surface area contributed by atoms with E-state index in [0.29, 0.717) is 0 Å². The largest absolute Gasteiger partial charge is 0.341 e. The minimum Gasteiger partial charge on any atom is -0.341 e. The van der Waals surface area contributed by atoms with Gasteiger partial charge in [-0.3, -0.25) is 9.69 Å². The van der Waals surface area contributed by atoms with Crippen molar-refractivity contribution < 1.29 is 14.8 Å². The van der Waals surface area contributed by atoms with Gasteiger partial charge in [0.1, 0.15) is 6.04 Å². The maximum atomic E-state index is 11.1. The molecule has 0 bridgehead atoms. The molecular formula is C6H13N3O3. The first-order chi connectivity index (χ1) is 5.54. The number of hydrogen-bond acceptors (Lipinski definition) is 4. The number of carbonyl (C=O) groups excluding carboxylic acids is 2. The van der Waals surface area contributed by atoms with Crippen molar-refractivity contribution >= 4 is 11.9 Å². The van der Waals surface area contributed by atoms with Crippen LogP contribution in [-0.2, 0) is 4.79 Å². The third kappa shape index (κ3) is 2.48. The van der Waals surface area contributed by atoms with Gasteiger partial charge in [-0.1, -0.05) is 0 Å². The summed E-state index contributed by atoms with van der Waals surface area (Å²) < 4.78 is 0. The molecule has 0 radical (unpaired) electrons. The van der Waals surface area contributed by atoms with Crippen molar-refractivity contribution in [2.24, 2.45) is 0 Å². The van der Waals surface area contributed by atoms with Crippen LogP contribution in [0, 0.1) is 0 Å². The zero-order valence-electron chi connectivity index (χ0n) is 7.29. The lowest BCUT2D eigenvalue weighted by molar-refractivity contribution is -0.131. The molecule has 0 saturated carbocycles. The Hall–Kier alpha value is -1.14. The monoisotopic (exact) mass is 175 g/mol. The lowest BCUT2D eigenvalue weighted by atomic mass is 10.3. The van der Waals surface area contributed by atoms with E-state index in [1.54, 1.807) is 5.48 Å². The van der Waals surface area contributed by atoms with E-state index in [1.807, 2.05) is 0 Å². The highest BCUT2D eigenvalue weighted by Gasteiger charge is 2.20. The van der Waals surface area contributed by atoms with Crippen LogP contribution in [0.1, 0.15) is 6.92 Å². The minimum atomic E-state index is -0.785. The summed E-state index contributed by atoms with van der Waals surface area (Å²) in [5.74, 6) is -0.503. The molecule has 3 N–H and O–H groups in total. The highest BCUT2D eigenvalue weighted by Crippen LogP contribution is 1.90. The molecule has 3 amide bonds. The van der Waals surface area contributed by atoms with Gasteiger partial charge < -0.3 is 10.5 Å². The zero-order chi connectivity index (χ0) is 9.72. The van der Waals surface area contributed by atoms with Gasteiger partial charge in [0.2, 0.25) is 5.91 Å². The number of nitrogens with one attached hydrogen (secondary N) is 2. The molecule has 12 heavy (non-hydrogen) atoms. The van der Waals surface area contributed by atoms with E-state index in [9.17, 15) is 9.59 Å². The van der Waals surface area contributed by atoms with Crippen molar-refractivity contribution in [3.63, 3.8) is 0 Å². The van der Waals surface area contributed by atoms with Gasteiger partial charge in [-0.05, 0) is 6.92 Å². The quantitative estimate of drug-likeness (QED) is 0.477. The standard InChI is InChI=1S/C6H13N3O3/c1-4(8-12)5(10)9(3)6(11)7-2/h4,8,12H,1-3H3,(H,7,11)/t4-/m1/s1. The van der Waals surface area contributed by atoms with Gasteiger partial charge in [-0.25, -0.2) is 4.79 Å². The van der Waals surface area contributed by atoms with Gasteiger partial charge >= 0.3 is 6.03 Å². The average Bonchev–Trinajstić information content (AvgIpc) is 2.12. The normalized spacial score (nSPS) is 12.0. The van der Waals surface area contributed by atoms with Crippen LogP contribution in [0.2, 0.25) is 0 Å². The second-order valence-electron chi connectivity index (χ2n) is 2.30. The minimum absolute atomic E-state index is 0.503. The molecule has 0 unspecified atom stereocenters. The van der Waals surface area contributed by atoms with Crippen molar-refractivity contribution in [2.75, 3.05) is 14.1 Å². The lowest BCUT2D eigenvalue weighted by Crippen LogP contribution is -2.47. The fourth-order valence-corrected chi connectivity index (χ4v) is 0.613. The highest BCUT2D eigenvalue weighted by atomic mass is 16.5. The Kier molecular flexibility index (Phi) is 4.24. The Morgan fingerprint density at radius 2 is 2.00 bits per heavy atom. The van der Waals surface area contributed by atoms with Crippen molar-refractivity contribution in [3.8, 4) is 0 Å². The Balaban J connectivity index is 4.19. The van der Waals surface area contributed by atoms with E-state index in [-0.39, 0.29) is 0 Å². The molecule has 0 spiro atoms. The van der Waals surface area contributed by atoms with Crippen LogP contribution in [-0.4, -0.2) is 42.2 Å². The number of nitrogens with zero attached hydrogens (tertiary/aromatic N) is 1. The van der Waals surface area contributed by atoms with Crippen molar-refractivity contribution in [2.45, 2.75) is 13.0 Å². The van der Waals surface area contributed by atoms with Crippen LogP contribution < -0.4 is 10.8 Å². The number of amides is 3. The molecule has 0 aliphatic rings. The first-order valence-corrected chi connectivity index (χ1v) is 3.43. The molecule has 0 heterocycles. The van der Waals surface area contributed by atoms with Gasteiger partial charge in [0.25, 0.3) is 0 Å². The lowest BCUT2D eigenvalue weighted by Gasteiger charge is -2.17. The second kappa shape index (κ2) is 4.68. The number of urea groups is 1. The van der Waals surface area contributed by atoms with E-state index in [2.05, 4.69) is 5.32 Å². The van der Waals surface area contributed by atoms with Gasteiger partial charge in [0, 0.05) is 14.1 Å². The third-order valence-electron chi connectivity index (χ3n) is 1.41. The van der Waals surface area contributed by atoms with E-state index in [0.717, 1.165) is 4.90 Å². The first-order valence-electron chi connectivity index (χ1n) is 3.43. The summed E-state index contributed by atoms with van der Waals surface area (Å²) in [6.45, 7) is 1.45. The van der Waals surface area contributed by atoms with Crippen LogP contribution in [0.15, 0.2) is 0 Å². The highest BCUT2D eigenvalue weighted by molar-refractivity contribution is 5.96. The van der Waals surface area contributed by atoms with Crippen LogP contribution in [0.3, 0.4) is 0 Å². The van der Waals surface area contributed by atoms with Gasteiger partial charge in [0.05, 0.1) is 0 Å².